The number of rotatable bonds is 3. The molecule has 1 fully saturated rings. The number of carbonyl (C=O) groups is 1. The molecule has 0 N–H and O–H groups in total. The molecule has 2 nitrogen and oxygen atoms in total. The first kappa shape index (κ1) is 9.38. The molecule has 1 aromatic heterocycles. The van der Waals surface area contributed by atoms with Crippen LogP contribution in [0.4, 0.5) is 0 Å². The minimum Gasteiger partial charge on any atom is -0.299 e. The van der Waals surface area contributed by atoms with Gasteiger partial charge in [-0.2, -0.15) is 0 Å². The fraction of sp³-hybridized carbons (Fsp3) is 0.500. The Hall–Kier alpha value is -1.18. The molecule has 0 radical (unpaired) electrons. The van der Waals surface area contributed by atoms with Crippen LogP contribution in [0.5, 0.6) is 0 Å². The Kier molecular flexibility index (Phi) is 2.14. The highest BCUT2D eigenvalue weighted by molar-refractivity contribution is 5.85. The van der Waals surface area contributed by atoms with Crippen LogP contribution in [0.2, 0.25) is 0 Å². The van der Waals surface area contributed by atoms with Gasteiger partial charge in [0.15, 0.2) is 0 Å². The second-order valence-electron chi connectivity index (χ2n) is 4.28. The van der Waals surface area contributed by atoms with Crippen LogP contribution in [-0.4, -0.2) is 10.8 Å². The normalized spacial score (nSPS) is 17.9. The van der Waals surface area contributed by atoms with E-state index in [1.54, 1.807) is 6.92 Å². The summed E-state index contributed by atoms with van der Waals surface area (Å²) in [5.41, 5.74) is 2.03. The van der Waals surface area contributed by atoms with Crippen molar-refractivity contribution in [3.05, 3.63) is 29.6 Å². The lowest BCUT2D eigenvalue weighted by Gasteiger charge is -2.10. The highest BCUT2D eigenvalue weighted by Crippen LogP contribution is 2.48. The fourth-order valence-electron chi connectivity index (χ4n) is 1.85. The maximum absolute atomic E-state index is 11.4. The van der Waals surface area contributed by atoms with E-state index < -0.39 is 0 Å². The van der Waals surface area contributed by atoms with Crippen LogP contribution in [0.3, 0.4) is 0 Å². The van der Waals surface area contributed by atoms with Crippen LogP contribution in [0.1, 0.15) is 31.2 Å². The summed E-state index contributed by atoms with van der Waals surface area (Å²) in [5.74, 6) is 0.320. The summed E-state index contributed by atoms with van der Waals surface area (Å²) in [6.45, 7) is 3.68. The smallest absolute Gasteiger partial charge is 0.136 e. The van der Waals surface area contributed by atoms with Gasteiger partial charge in [-0.15, -0.1) is 0 Å². The molecule has 1 saturated carbocycles. The zero-order valence-electron chi connectivity index (χ0n) is 8.71. The monoisotopic (exact) mass is 189 g/mol. The van der Waals surface area contributed by atoms with Crippen LogP contribution in [0.25, 0.3) is 0 Å². The third kappa shape index (κ3) is 1.69. The first-order valence-electron chi connectivity index (χ1n) is 5.06. The van der Waals surface area contributed by atoms with Gasteiger partial charge in [0, 0.05) is 23.2 Å². The van der Waals surface area contributed by atoms with E-state index in [0.29, 0.717) is 5.78 Å². The second-order valence-corrected chi connectivity index (χ2v) is 4.28. The summed E-state index contributed by atoms with van der Waals surface area (Å²) < 4.78 is 0. The Morgan fingerprint density at radius 2 is 2.21 bits per heavy atom. The Labute approximate surface area is 84.4 Å². The minimum absolute atomic E-state index is 0.0548. The van der Waals surface area contributed by atoms with Crippen molar-refractivity contribution < 1.29 is 4.79 Å². The molecule has 0 spiro atoms. The predicted molar refractivity (Wildman–Crippen MR) is 55.0 cm³/mol. The number of aryl methyl sites for hydroxylation is 1. The third-order valence-electron chi connectivity index (χ3n) is 3.07. The maximum atomic E-state index is 11.4. The molecule has 0 bridgehead atoms. The first-order chi connectivity index (χ1) is 6.62. The van der Waals surface area contributed by atoms with E-state index in [1.165, 1.54) is 0 Å². The fourth-order valence-corrected chi connectivity index (χ4v) is 1.85. The van der Waals surface area contributed by atoms with Crippen LogP contribution < -0.4 is 0 Å². The maximum Gasteiger partial charge on any atom is 0.136 e. The molecule has 0 aromatic carbocycles. The van der Waals surface area contributed by atoms with Crippen molar-refractivity contribution in [2.45, 2.75) is 33.1 Å². The second kappa shape index (κ2) is 3.19. The average Bonchev–Trinajstić information content (AvgIpc) is 2.85. The molecule has 0 saturated heterocycles. The molecule has 1 aliphatic carbocycles. The summed E-state index contributed by atoms with van der Waals surface area (Å²) in [6.07, 6.45) is 2.90. The standard InChI is InChI=1S/C12H15NO/c1-9-4-3-5-11(13-9)8-12(6-7-12)10(2)14/h3-5H,6-8H2,1-2H3. The van der Waals surface area contributed by atoms with E-state index in [1.807, 2.05) is 25.1 Å². The van der Waals surface area contributed by atoms with E-state index >= 15 is 0 Å². The Morgan fingerprint density at radius 3 is 2.71 bits per heavy atom. The number of hydrogen-bond donors (Lipinski definition) is 0. The van der Waals surface area contributed by atoms with E-state index in [4.69, 9.17) is 0 Å². The molecule has 1 aliphatic rings. The molecule has 0 amide bonds. The minimum atomic E-state index is -0.0548. The van der Waals surface area contributed by atoms with Gasteiger partial charge >= 0.3 is 0 Å². The Balaban J connectivity index is 2.15. The number of carbonyl (C=O) groups excluding carboxylic acids is 1. The largest absolute Gasteiger partial charge is 0.299 e. The lowest BCUT2D eigenvalue weighted by molar-refractivity contribution is -0.122. The van der Waals surface area contributed by atoms with Gasteiger partial charge in [0.25, 0.3) is 0 Å². The number of Topliss-reactive ketones (excluding diaryl/α,β-unsaturated/α-hetero) is 1. The van der Waals surface area contributed by atoms with Crippen molar-refractivity contribution >= 4 is 5.78 Å². The van der Waals surface area contributed by atoms with Gasteiger partial charge in [-0.25, -0.2) is 0 Å². The van der Waals surface area contributed by atoms with E-state index in [9.17, 15) is 4.79 Å². The number of ketones is 1. The molecule has 0 unspecified atom stereocenters. The van der Waals surface area contributed by atoms with Crippen molar-refractivity contribution in [2.24, 2.45) is 5.41 Å². The van der Waals surface area contributed by atoms with Gasteiger partial charge in [-0.3, -0.25) is 9.78 Å². The molecule has 1 heterocycles. The molecule has 74 valence electrons. The summed E-state index contributed by atoms with van der Waals surface area (Å²) in [7, 11) is 0. The third-order valence-corrected chi connectivity index (χ3v) is 3.07. The molecule has 2 heteroatoms. The Bertz CT molecular complexity index is 366. The van der Waals surface area contributed by atoms with Crippen molar-refractivity contribution in [1.82, 2.24) is 4.98 Å². The van der Waals surface area contributed by atoms with Crippen LogP contribution in [-0.2, 0) is 11.2 Å². The summed E-state index contributed by atoms with van der Waals surface area (Å²) >= 11 is 0. The van der Waals surface area contributed by atoms with Gasteiger partial charge in [0.05, 0.1) is 0 Å². The Morgan fingerprint density at radius 1 is 1.50 bits per heavy atom. The SMILES string of the molecule is CC(=O)C1(Cc2cccc(C)n2)CC1. The highest BCUT2D eigenvalue weighted by atomic mass is 16.1. The number of nitrogens with zero attached hydrogens (tertiary/aromatic N) is 1. The average molecular weight is 189 g/mol. The lowest BCUT2D eigenvalue weighted by Crippen LogP contribution is -2.15. The van der Waals surface area contributed by atoms with Crippen LogP contribution in [0.15, 0.2) is 18.2 Å². The van der Waals surface area contributed by atoms with Gasteiger partial charge in [0.1, 0.15) is 5.78 Å². The molecule has 1 aromatic rings. The lowest BCUT2D eigenvalue weighted by atomic mass is 9.95. The first-order valence-corrected chi connectivity index (χ1v) is 5.06. The molecular weight excluding hydrogens is 174 g/mol. The zero-order valence-corrected chi connectivity index (χ0v) is 8.71. The summed E-state index contributed by atoms with van der Waals surface area (Å²) in [4.78, 5) is 15.8. The summed E-state index contributed by atoms with van der Waals surface area (Å²) in [6, 6.07) is 6.00. The van der Waals surface area contributed by atoms with E-state index in [-0.39, 0.29) is 5.41 Å². The van der Waals surface area contributed by atoms with Gasteiger partial charge in [-0.1, -0.05) is 6.07 Å². The van der Waals surface area contributed by atoms with Crippen LogP contribution in [0, 0.1) is 12.3 Å². The topological polar surface area (TPSA) is 30.0 Å². The quantitative estimate of drug-likeness (QED) is 0.730. The van der Waals surface area contributed by atoms with E-state index in [2.05, 4.69) is 4.98 Å². The van der Waals surface area contributed by atoms with Crippen LogP contribution >= 0.6 is 0 Å². The van der Waals surface area contributed by atoms with Crippen molar-refractivity contribution in [1.29, 1.82) is 0 Å². The number of hydrogen-bond acceptors (Lipinski definition) is 2. The van der Waals surface area contributed by atoms with Gasteiger partial charge < -0.3 is 0 Å². The highest BCUT2D eigenvalue weighted by Gasteiger charge is 2.47. The number of aromatic nitrogens is 1. The van der Waals surface area contributed by atoms with E-state index in [0.717, 1.165) is 30.7 Å². The summed E-state index contributed by atoms with van der Waals surface area (Å²) in [5, 5.41) is 0. The van der Waals surface area contributed by atoms with Gasteiger partial charge in [-0.05, 0) is 38.8 Å². The molecule has 2 rings (SSSR count). The van der Waals surface area contributed by atoms with Crippen molar-refractivity contribution in [2.75, 3.05) is 0 Å². The molecular formula is C12H15NO. The number of pyridine rings is 1. The molecule has 0 atom stereocenters. The molecule has 0 aliphatic heterocycles. The van der Waals surface area contributed by atoms with Gasteiger partial charge in [0.2, 0.25) is 0 Å². The van der Waals surface area contributed by atoms with Crippen molar-refractivity contribution in [3.63, 3.8) is 0 Å². The van der Waals surface area contributed by atoms with Crippen molar-refractivity contribution in [3.8, 4) is 0 Å². The zero-order chi connectivity index (χ0) is 10.2. The molecule has 14 heavy (non-hydrogen) atoms. The predicted octanol–water partition coefficient (Wildman–Crippen LogP) is 2.30.